The van der Waals surface area contributed by atoms with Crippen LogP contribution in [0.2, 0.25) is 0 Å². The van der Waals surface area contributed by atoms with E-state index >= 15 is 0 Å². The molecule has 138 valence electrons. The summed E-state index contributed by atoms with van der Waals surface area (Å²) in [5, 5.41) is 5.98. The number of benzene rings is 1. The Hall–Kier alpha value is -2.08. The number of hydrogen-bond acceptors (Lipinski definition) is 4. The number of rotatable bonds is 7. The Morgan fingerprint density at radius 2 is 1.92 bits per heavy atom. The quantitative estimate of drug-likeness (QED) is 0.738. The molecule has 6 heteroatoms. The molecule has 6 nitrogen and oxygen atoms in total. The Bertz CT molecular complexity index is 581. The molecule has 2 N–H and O–H groups in total. The van der Waals surface area contributed by atoms with Crippen LogP contribution in [0.15, 0.2) is 24.3 Å². The van der Waals surface area contributed by atoms with E-state index in [0.29, 0.717) is 18.7 Å². The van der Waals surface area contributed by atoms with Crippen molar-refractivity contribution in [1.82, 2.24) is 10.6 Å². The summed E-state index contributed by atoms with van der Waals surface area (Å²) in [5.41, 5.74) is 1.63. The SMILES string of the molecule is COCCNC(=O)c1ccccc1N1CCC(NC(=O)C(C)C)CC1. The minimum atomic E-state index is -0.0807. The van der Waals surface area contributed by atoms with Gasteiger partial charge in [0.25, 0.3) is 5.91 Å². The smallest absolute Gasteiger partial charge is 0.253 e. The molecule has 25 heavy (non-hydrogen) atoms. The summed E-state index contributed by atoms with van der Waals surface area (Å²) in [7, 11) is 1.61. The van der Waals surface area contributed by atoms with Crippen molar-refractivity contribution in [2.75, 3.05) is 38.3 Å². The third-order valence-electron chi connectivity index (χ3n) is 4.45. The maximum Gasteiger partial charge on any atom is 0.253 e. The van der Waals surface area contributed by atoms with E-state index in [1.54, 1.807) is 7.11 Å². The minimum Gasteiger partial charge on any atom is -0.383 e. The highest BCUT2D eigenvalue weighted by molar-refractivity contribution is 5.99. The normalized spacial score (nSPS) is 15.3. The van der Waals surface area contributed by atoms with Gasteiger partial charge >= 0.3 is 0 Å². The first kappa shape index (κ1) is 19.2. The molecule has 1 aliphatic rings. The van der Waals surface area contributed by atoms with Crippen LogP contribution >= 0.6 is 0 Å². The zero-order valence-corrected chi connectivity index (χ0v) is 15.4. The standard InChI is InChI=1S/C19H29N3O3/c1-14(2)18(23)21-15-8-11-22(12-9-15)17-7-5-4-6-16(17)19(24)20-10-13-25-3/h4-7,14-15H,8-13H2,1-3H3,(H,20,24)(H,21,23). The van der Waals surface area contributed by atoms with Crippen LogP contribution in [-0.2, 0) is 9.53 Å². The Morgan fingerprint density at radius 1 is 1.24 bits per heavy atom. The number of ether oxygens (including phenoxy) is 1. The molecule has 1 aromatic carbocycles. The summed E-state index contributed by atoms with van der Waals surface area (Å²) in [6.07, 6.45) is 1.77. The maximum absolute atomic E-state index is 12.4. The lowest BCUT2D eigenvalue weighted by molar-refractivity contribution is -0.124. The van der Waals surface area contributed by atoms with E-state index in [9.17, 15) is 9.59 Å². The van der Waals surface area contributed by atoms with Gasteiger partial charge in [0.05, 0.1) is 12.2 Å². The Morgan fingerprint density at radius 3 is 2.56 bits per heavy atom. The molecule has 2 amide bonds. The monoisotopic (exact) mass is 347 g/mol. The van der Waals surface area contributed by atoms with E-state index < -0.39 is 0 Å². The van der Waals surface area contributed by atoms with Crippen molar-refractivity contribution in [2.24, 2.45) is 5.92 Å². The van der Waals surface area contributed by atoms with Crippen molar-refractivity contribution < 1.29 is 14.3 Å². The number of anilines is 1. The summed E-state index contributed by atoms with van der Waals surface area (Å²) >= 11 is 0. The zero-order chi connectivity index (χ0) is 18.2. The van der Waals surface area contributed by atoms with Gasteiger partial charge in [-0.25, -0.2) is 0 Å². The molecule has 1 aliphatic heterocycles. The highest BCUT2D eigenvalue weighted by Crippen LogP contribution is 2.24. The lowest BCUT2D eigenvalue weighted by Gasteiger charge is -2.35. The second-order valence-electron chi connectivity index (χ2n) is 6.69. The molecule has 0 spiro atoms. The van der Waals surface area contributed by atoms with Crippen LogP contribution in [0.5, 0.6) is 0 Å². The number of carbonyl (C=O) groups excluding carboxylic acids is 2. The van der Waals surface area contributed by atoms with Crippen LogP contribution in [-0.4, -0.2) is 51.2 Å². The predicted molar refractivity (Wildman–Crippen MR) is 98.9 cm³/mol. The minimum absolute atomic E-state index is 0.00884. The molecule has 1 saturated heterocycles. The highest BCUT2D eigenvalue weighted by atomic mass is 16.5. The summed E-state index contributed by atoms with van der Waals surface area (Å²) in [6.45, 7) is 6.45. The van der Waals surface area contributed by atoms with Crippen molar-refractivity contribution in [1.29, 1.82) is 0 Å². The molecule has 0 aromatic heterocycles. The zero-order valence-electron chi connectivity index (χ0n) is 15.4. The fourth-order valence-corrected chi connectivity index (χ4v) is 2.94. The van der Waals surface area contributed by atoms with Gasteiger partial charge in [-0.15, -0.1) is 0 Å². The van der Waals surface area contributed by atoms with Gasteiger partial charge in [0.15, 0.2) is 0 Å². The van der Waals surface area contributed by atoms with E-state index in [2.05, 4.69) is 15.5 Å². The van der Waals surface area contributed by atoms with Crippen LogP contribution in [0.1, 0.15) is 37.0 Å². The second-order valence-corrected chi connectivity index (χ2v) is 6.69. The van der Waals surface area contributed by atoms with Gasteiger partial charge in [-0.3, -0.25) is 9.59 Å². The average molecular weight is 347 g/mol. The van der Waals surface area contributed by atoms with Gasteiger partial charge in [-0.1, -0.05) is 26.0 Å². The third-order valence-corrected chi connectivity index (χ3v) is 4.45. The lowest BCUT2D eigenvalue weighted by Crippen LogP contribution is -2.46. The first-order chi connectivity index (χ1) is 12.0. The molecule has 0 aliphatic carbocycles. The summed E-state index contributed by atoms with van der Waals surface area (Å²) in [5.74, 6) is 0.0359. The molecule has 1 fully saturated rings. The van der Waals surface area contributed by atoms with E-state index in [1.165, 1.54) is 0 Å². The van der Waals surface area contributed by atoms with Crippen LogP contribution in [0.4, 0.5) is 5.69 Å². The van der Waals surface area contributed by atoms with Crippen molar-refractivity contribution in [3.63, 3.8) is 0 Å². The number of hydrogen-bond donors (Lipinski definition) is 2. The summed E-state index contributed by atoms with van der Waals surface area (Å²) < 4.78 is 4.98. The number of nitrogens with one attached hydrogen (secondary N) is 2. The van der Waals surface area contributed by atoms with Crippen LogP contribution in [0.3, 0.4) is 0 Å². The average Bonchev–Trinajstić information content (AvgIpc) is 2.62. The van der Waals surface area contributed by atoms with Gasteiger partial charge in [0.1, 0.15) is 0 Å². The lowest BCUT2D eigenvalue weighted by atomic mass is 10.0. The van der Waals surface area contributed by atoms with Crippen molar-refractivity contribution in [2.45, 2.75) is 32.7 Å². The van der Waals surface area contributed by atoms with Gasteiger partial charge in [-0.2, -0.15) is 0 Å². The molecule has 1 heterocycles. The number of methoxy groups -OCH3 is 1. The number of piperidine rings is 1. The molecule has 0 bridgehead atoms. The van der Waals surface area contributed by atoms with E-state index in [0.717, 1.165) is 31.6 Å². The number of nitrogens with zero attached hydrogens (tertiary/aromatic N) is 1. The van der Waals surface area contributed by atoms with Gasteiger partial charge in [0.2, 0.25) is 5.91 Å². The van der Waals surface area contributed by atoms with Crippen LogP contribution in [0, 0.1) is 5.92 Å². The van der Waals surface area contributed by atoms with Gasteiger partial charge in [-0.05, 0) is 25.0 Å². The van der Waals surface area contributed by atoms with E-state index in [4.69, 9.17) is 4.74 Å². The third kappa shape index (κ3) is 5.46. The first-order valence-corrected chi connectivity index (χ1v) is 8.94. The van der Waals surface area contributed by atoms with E-state index in [-0.39, 0.29) is 23.8 Å². The Kier molecular flexibility index (Phi) is 7.25. The summed E-state index contributed by atoms with van der Waals surface area (Å²) in [4.78, 5) is 26.5. The molecular weight excluding hydrogens is 318 g/mol. The predicted octanol–water partition coefficient (Wildman–Crippen LogP) is 1.80. The van der Waals surface area contributed by atoms with Crippen molar-refractivity contribution in [3.8, 4) is 0 Å². The number of carbonyl (C=O) groups is 2. The topological polar surface area (TPSA) is 70.7 Å². The molecule has 0 atom stereocenters. The van der Waals surface area contributed by atoms with E-state index in [1.807, 2.05) is 38.1 Å². The first-order valence-electron chi connectivity index (χ1n) is 8.94. The second kappa shape index (κ2) is 9.42. The van der Waals surface area contributed by atoms with Crippen molar-refractivity contribution >= 4 is 17.5 Å². The van der Waals surface area contributed by atoms with Crippen LogP contribution < -0.4 is 15.5 Å². The molecule has 0 saturated carbocycles. The molecular formula is C19H29N3O3. The number of amides is 2. The molecule has 0 unspecified atom stereocenters. The summed E-state index contributed by atoms with van der Waals surface area (Å²) in [6, 6.07) is 7.88. The van der Waals surface area contributed by atoms with Crippen molar-refractivity contribution in [3.05, 3.63) is 29.8 Å². The largest absolute Gasteiger partial charge is 0.383 e. The molecule has 1 aromatic rings. The van der Waals surface area contributed by atoms with Crippen LogP contribution in [0.25, 0.3) is 0 Å². The van der Waals surface area contributed by atoms with Gasteiger partial charge < -0.3 is 20.3 Å². The highest BCUT2D eigenvalue weighted by Gasteiger charge is 2.24. The Balaban J connectivity index is 1.97. The van der Waals surface area contributed by atoms with Gasteiger partial charge in [0, 0.05) is 44.4 Å². The molecule has 0 radical (unpaired) electrons. The fraction of sp³-hybridized carbons (Fsp3) is 0.579. The maximum atomic E-state index is 12.4. The number of para-hydroxylation sites is 1. The molecule has 2 rings (SSSR count). The fourth-order valence-electron chi connectivity index (χ4n) is 2.94. The Labute approximate surface area is 149 Å².